The highest BCUT2D eigenvalue weighted by molar-refractivity contribution is 5.81. The van der Waals surface area contributed by atoms with Gasteiger partial charge in [0.05, 0.1) is 0 Å². The molecule has 0 aliphatic heterocycles. The lowest BCUT2D eigenvalue weighted by atomic mass is 10.1. The molecule has 1 heterocycles. The van der Waals surface area contributed by atoms with Crippen molar-refractivity contribution < 1.29 is 0 Å². The summed E-state index contributed by atoms with van der Waals surface area (Å²) in [5, 5.41) is 5.97. The number of rotatable bonds is 7. The van der Waals surface area contributed by atoms with E-state index in [1.165, 1.54) is 16.3 Å². The Balaban J connectivity index is 1.81. The summed E-state index contributed by atoms with van der Waals surface area (Å²) >= 11 is 0. The zero-order valence-electron chi connectivity index (χ0n) is 12.0. The van der Waals surface area contributed by atoms with Gasteiger partial charge in [-0.15, -0.1) is 0 Å². The predicted octanol–water partition coefficient (Wildman–Crippen LogP) is 3.80. The molecule has 0 spiro atoms. The second kappa shape index (κ2) is 7.62. The minimum Gasteiger partial charge on any atom is -0.317 e. The van der Waals surface area contributed by atoms with E-state index >= 15 is 0 Å². The summed E-state index contributed by atoms with van der Waals surface area (Å²) in [6.45, 7) is 10.5. The predicted molar refractivity (Wildman–Crippen MR) is 83.4 cm³/mol. The number of pyridine rings is 1. The maximum atomic E-state index is 6.75. The van der Waals surface area contributed by atoms with E-state index in [9.17, 15) is 0 Å². The van der Waals surface area contributed by atoms with E-state index in [0.717, 1.165) is 25.8 Å². The van der Waals surface area contributed by atoms with Crippen molar-refractivity contribution in [2.75, 3.05) is 6.54 Å². The maximum absolute atomic E-state index is 6.75. The number of nitrogens with zero attached hydrogens (tertiary/aromatic N) is 2. The van der Waals surface area contributed by atoms with E-state index in [1.54, 1.807) is 0 Å². The molecule has 104 valence electrons. The van der Waals surface area contributed by atoms with Gasteiger partial charge in [-0.25, -0.2) is 6.57 Å². The molecule has 0 unspecified atom stereocenters. The number of nitrogens with one attached hydrogen (secondary N) is 1. The van der Waals surface area contributed by atoms with E-state index in [4.69, 9.17) is 6.57 Å². The van der Waals surface area contributed by atoms with E-state index in [-0.39, 0.29) is 0 Å². The van der Waals surface area contributed by atoms with Gasteiger partial charge in [0.25, 0.3) is 0 Å². The van der Waals surface area contributed by atoms with Gasteiger partial charge in [0, 0.05) is 36.8 Å². The van der Waals surface area contributed by atoms with Gasteiger partial charge in [-0.3, -0.25) is 4.98 Å². The molecule has 20 heavy (non-hydrogen) atoms. The Labute approximate surface area is 120 Å². The molecule has 0 saturated heterocycles. The van der Waals surface area contributed by atoms with Crippen molar-refractivity contribution in [3.8, 4) is 0 Å². The highest BCUT2D eigenvalue weighted by Crippen LogP contribution is 2.14. The van der Waals surface area contributed by atoms with Crippen LogP contribution in [0.5, 0.6) is 0 Å². The lowest BCUT2D eigenvalue weighted by Crippen LogP contribution is -2.25. The topological polar surface area (TPSA) is 29.3 Å². The van der Waals surface area contributed by atoms with Crippen LogP contribution in [-0.4, -0.2) is 17.6 Å². The number of hydrogen-bond acceptors (Lipinski definition) is 2. The van der Waals surface area contributed by atoms with Gasteiger partial charge in [-0.05, 0) is 42.8 Å². The first-order valence-corrected chi connectivity index (χ1v) is 7.19. The van der Waals surface area contributed by atoms with Crippen LogP contribution in [0.1, 0.15) is 31.7 Å². The van der Waals surface area contributed by atoms with Crippen LogP contribution in [-0.2, 0) is 6.54 Å². The first-order chi connectivity index (χ1) is 9.79. The van der Waals surface area contributed by atoms with Crippen molar-refractivity contribution in [3.05, 3.63) is 53.6 Å². The molecule has 3 nitrogen and oxygen atoms in total. The van der Waals surface area contributed by atoms with E-state index in [1.807, 2.05) is 18.5 Å². The lowest BCUT2D eigenvalue weighted by molar-refractivity contribution is 0.494. The van der Waals surface area contributed by atoms with Crippen molar-refractivity contribution in [2.24, 2.45) is 0 Å². The Hall–Kier alpha value is -1.92. The number of unbranched alkanes of at least 4 members (excludes halogenated alkanes) is 1. The van der Waals surface area contributed by atoms with Crippen molar-refractivity contribution in [1.29, 1.82) is 0 Å². The molecule has 0 radical (unpaired) electrons. The summed E-state index contributed by atoms with van der Waals surface area (Å²) in [4.78, 5) is 7.51. The molecule has 1 N–H and O–H groups in total. The average molecular weight is 267 g/mol. The molecule has 0 amide bonds. The lowest BCUT2D eigenvalue weighted by Gasteiger charge is -2.13. The fourth-order valence-electron chi connectivity index (χ4n) is 2.28. The Bertz CT molecular complexity index is 586. The van der Waals surface area contributed by atoms with Crippen molar-refractivity contribution in [1.82, 2.24) is 10.3 Å². The van der Waals surface area contributed by atoms with Gasteiger partial charge in [-0.1, -0.05) is 12.1 Å². The molecule has 1 aromatic heterocycles. The normalized spacial score (nSPS) is 12.2. The summed E-state index contributed by atoms with van der Waals surface area (Å²) in [5.41, 5.74) is 1.30. The van der Waals surface area contributed by atoms with Gasteiger partial charge in [0.1, 0.15) is 0 Å². The standard InChI is InChI=1S/C17H21N3/c1-14(5-3-4-9-18-2)20-12-15-6-7-17-13-19-10-8-16(17)11-15/h6-8,10-11,13-14,20H,3-5,9,12H2,1H3/t14-/m1/s1. The monoisotopic (exact) mass is 267 g/mol. The van der Waals surface area contributed by atoms with Crippen molar-refractivity contribution >= 4 is 10.8 Å². The summed E-state index contributed by atoms with van der Waals surface area (Å²) < 4.78 is 0. The molecule has 0 fully saturated rings. The fraction of sp³-hybridized carbons (Fsp3) is 0.412. The third-order valence-corrected chi connectivity index (χ3v) is 3.52. The van der Waals surface area contributed by atoms with Gasteiger partial charge in [0.2, 0.25) is 6.54 Å². The maximum Gasteiger partial charge on any atom is 0.214 e. The second-order valence-corrected chi connectivity index (χ2v) is 5.22. The van der Waals surface area contributed by atoms with E-state index in [2.05, 4.69) is 40.3 Å². The van der Waals surface area contributed by atoms with Crippen molar-refractivity contribution in [2.45, 2.75) is 38.8 Å². The molecular weight excluding hydrogens is 246 g/mol. The number of aromatic nitrogens is 1. The van der Waals surface area contributed by atoms with Crippen LogP contribution in [0.4, 0.5) is 0 Å². The smallest absolute Gasteiger partial charge is 0.214 e. The van der Waals surface area contributed by atoms with Crippen LogP contribution in [0, 0.1) is 6.57 Å². The first kappa shape index (κ1) is 14.5. The zero-order chi connectivity index (χ0) is 14.2. The average Bonchev–Trinajstić information content (AvgIpc) is 2.49. The number of hydrogen-bond donors (Lipinski definition) is 1. The van der Waals surface area contributed by atoms with Crippen LogP contribution in [0.25, 0.3) is 15.6 Å². The third-order valence-electron chi connectivity index (χ3n) is 3.52. The molecule has 0 bridgehead atoms. The minimum atomic E-state index is 0.494. The Kier molecular flexibility index (Phi) is 5.52. The Morgan fingerprint density at radius 3 is 3.00 bits per heavy atom. The fourth-order valence-corrected chi connectivity index (χ4v) is 2.28. The summed E-state index contributed by atoms with van der Waals surface area (Å²) in [6.07, 6.45) is 7.00. The van der Waals surface area contributed by atoms with E-state index in [0.29, 0.717) is 12.6 Å². The first-order valence-electron chi connectivity index (χ1n) is 7.19. The van der Waals surface area contributed by atoms with Gasteiger partial charge < -0.3 is 10.2 Å². The number of fused-ring (bicyclic) bond motifs is 1. The summed E-state index contributed by atoms with van der Waals surface area (Å²) in [6, 6.07) is 9.04. The van der Waals surface area contributed by atoms with E-state index < -0.39 is 0 Å². The van der Waals surface area contributed by atoms with Gasteiger partial charge in [0.15, 0.2) is 0 Å². The van der Waals surface area contributed by atoms with Gasteiger partial charge in [-0.2, -0.15) is 0 Å². The molecule has 0 saturated carbocycles. The highest BCUT2D eigenvalue weighted by atomic mass is 14.9. The quantitative estimate of drug-likeness (QED) is 0.610. The largest absolute Gasteiger partial charge is 0.317 e. The number of benzene rings is 1. The Morgan fingerprint density at radius 2 is 2.15 bits per heavy atom. The second-order valence-electron chi connectivity index (χ2n) is 5.22. The van der Waals surface area contributed by atoms with Crippen LogP contribution in [0.3, 0.4) is 0 Å². The molecular formula is C17H21N3. The third kappa shape index (κ3) is 4.32. The van der Waals surface area contributed by atoms with Crippen molar-refractivity contribution in [3.63, 3.8) is 0 Å². The van der Waals surface area contributed by atoms with Crippen LogP contribution in [0.2, 0.25) is 0 Å². The highest BCUT2D eigenvalue weighted by Gasteiger charge is 2.03. The molecule has 0 aliphatic carbocycles. The SMILES string of the molecule is [C-]#[N+]CCCC[C@@H](C)NCc1ccc2cnccc2c1. The molecule has 0 aliphatic rings. The molecule has 3 heteroatoms. The minimum absolute atomic E-state index is 0.494. The summed E-state index contributed by atoms with van der Waals surface area (Å²) in [5.74, 6) is 0. The molecule has 1 aromatic carbocycles. The van der Waals surface area contributed by atoms with Gasteiger partial charge >= 0.3 is 0 Å². The van der Waals surface area contributed by atoms with Crippen LogP contribution >= 0.6 is 0 Å². The molecule has 1 atom stereocenters. The van der Waals surface area contributed by atoms with Crippen LogP contribution in [0.15, 0.2) is 36.7 Å². The molecule has 2 rings (SSSR count). The zero-order valence-corrected chi connectivity index (χ0v) is 12.0. The Morgan fingerprint density at radius 1 is 1.25 bits per heavy atom. The van der Waals surface area contributed by atoms with Crippen LogP contribution < -0.4 is 5.32 Å². The molecule has 2 aromatic rings. The summed E-state index contributed by atoms with van der Waals surface area (Å²) in [7, 11) is 0.